The Hall–Kier alpha value is -7.56. The highest BCUT2D eigenvalue weighted by Crippen LogP contribution is 2.52. The first-order valence-electron chi connectivity index (χ1n) is 23.3. The number of esters is 2. The topological polar surface area (TPSA) is 187 Å². The maximum absolute atomic E-state index is 13.7. The number of pyridine rings is 2. The molecule has 0 saturated carbocycles. The van der Waals surface area contributed by atoms with Gasteiger partial charge >= 0.3 is 11.9 Å². The molecule has 0 unspecified atom stereocenters. The van der Waals surface area contributed by atoms with Crippen LogP contribution in [0, 0.1) is 0 Å². The summed E-state index contributed by atoms with van der Waals surface area (Å²) in [5, 5.41) is -2.43. The molecule has 368 valence electrons. The molecule has 0 radical (unpaired) electrons. The van der Waals surface area contributed by atoms with Gasteiger partial charge in [0.1, 0.15) is 9.49 Å². The third-order valence-corrected chi connectivity index (χ3v) is 19.6. The zero-order chi connectivity index (χ0) is 51.3. The molecule has 14 nitrogen and oxygen atoms in total. The van der Waals surface area contributed by atoms with Gasteiger partial charge < -0.3 is 19.3 Å². The number of ether oxygens (including phenoxy) is 2. The molecule has 6 heterocycles. The van der Waals surface area contributed by atoms with Crippen molar-refractivity contribution >= 4 is 54.6 Å². The first kappa shape index (κ1) is 49.4. The average Bonchev–Trinajstić information content (AvgIpc) is 3.63. The molecule has 0 spiro atoms. The number of carbonyl (C=O) groups is 4. The number of allylic oxidation sites excluding steroid dienone is 2. The Morgan fingerprint density at radius 2 is 0.750 bits per heavy atom. The van der Waals surface area contributed by atoms with E-state index in [-0.39, 0.29) is 11.1 Å². The highest BCUT2D eigenvalue weighted by atomic mass is 32.2. The molecule has 10 rings (SSSR count). The van der Waals surface area contributed by atoms with Gasteiger partial charge in [-0.1, -0.05) is 133 Å². The number of nitrogens with zero attached hydrogens (tertiary/aromatic N) is 4. The van der Waals surface area contributed by atoms with Crippen molar-refractivity contribution in [1.29, 1.82) is 0 Å². The third kappa shape index (κ3) is 8.11. The third-order valence-electron chi connectivity index (χ3n) is 14.1. The van der Waals surface area contributed by atoms with Gasteiger partial charge in [-0.15, -0.1) is 0 Å². The molecule has 6 aromatic rings. The molecule has 16 heteroatoms. The molecule has 0 N–H and O–H groups in total. The number of rotatable bonds is 10. The Labute approximate surface area is 418 Å². The highest BCUT2D eigenvalue weighted by Gasteiger charge is 2.72. The fourth-order valence-electron chi connectivity index (χ4n) is 9.98. The molecule has 72 heavy (non-hydrogen) atoms. The van der Waals surface area contributed by atoms with Gasteiger partial charge in [0.2, 0.25) is 0 Å². The first-order valence-corrected chi connectivity index (χ1v) is 26.4. The predicted octanol–water partition coefficient (Wildman–Crippen LogP) is 7.86. The standard InChI is InChI=1S/2C28H26N2O5S/c2*1-18(21-16-10-11-17-29-21)22-25(31)30-24(28(2,3)36(33,34)26(22)30)27(32)35-23(19-12-6-4-7-13-19)20-14-8-5-9-15-20/h2*4-17,23-24,26H,1-3H3/b2*22-18-/t2*24-,26+/m00/s1. The number of fused-ring (bicyclic) bond motifs is 2. The van der Waals surface area contributed by atoms with E-state index in [1.54, 1.807) is 62.6 Å². The summed E-state index contributed by atoms with van der Waals surface area (Å²) < 4.78 is 63.5. The van der Waals surface area contributed by atoms with Crippen molar-refractivity contribution in [2.45, 2.75) is 86.1 Å². The van der Waals surface area contributed by atoms with Crippen LogP contribution < -0.4 is 0 Å². The summed E-state index contributed by atoms with van der Waals surface area (Å²) in [6.45, 7) is 9.28. The summed E-state index contributed by atoms with van der Waals surface area (Å²) in [7, 11) is -7.88. The molecule has 2 aromatic heterocycles. The van der Waals surface area contributed by atoms with Crippen molar-refractivity contribution in [2.75, 3.05) is 0 Å². The van der Waals surface area contributed by atoms with E-state index in [0.29, 0.717) is 22.5 Å². The van der Waals surface area contributed by atoms with Crippen LogP contribution in [0.2, 0.25) is 0 Å². The second-order valence-electron chi connectivity index (χ2n) is 19.0. The molecular weight excluding hydrogens is 953 g/mol. The maximum atomic E-state index is 13.7. The lowest BCUT2D eigenvalue weighted by Crippen LogP contribution is -2.59. The Morgan fingerprint density at radius 3 is 1.01 bits per heavy atom. The molecule has 4 aliphatic rings. The van der Waals surface area contributed by atoms with Crippen molar-refractivity contribution in [3.05, 3.63) is 215 Å². The molecule has 4 atom stereocenters. The van der Waals surface area contributed by atoms with Crippen LogP contribution in [0.3, 0.4) is 0 Å². The van der Waals surface area contributed by atoms with Gasteiger partial charge in [0, 0.05) is 12.4 Å². The van der Waals surface area contributed by atoms with Crippen LogP contribution in [0.15, 0.2) is 181 Å². The zero-order valence-electron chi connectivity index (χ0n) is 40.3. The van der Waals surface area contributed by atoms with Crippen LogP contribution in [-0.2, 0) is 48.3 Å². The molecule has 4 fully saturated rings. The van der Waals surface area contributed by atoms with Gasteiger partial charge in [-0.25, -0.2) is 26.4 Å². The van der Waals surface area contributed by atoms with E-state index in [1.807, 2.05) is 121 Å². The molecule has 0 aliphatic carbocycles. The second-order valence-corrected chi connectivity index (χ2v) is 24.2. The Morgan fingerprint density at radius 1 is 0.472 bits per heavy atom. The first-order chi connectivity index (χ1) is 34.3. The van der Waals surface area contributed by atoms with Crippen LogP contribution in [0.25, 0.3) is 11.1 Å². The van der Waals surface area contributed by atoms with Crippen LogP contribution in [0.4, 0.5) is 0 Å². The van der Waals surface area contributed by atoms with Crippen molar-refractivity contribution in [3.8, 4) is 0 Å². The van der Waals surface area contributed by atoms with Crippen LogP contribution in [-0.4, -0.2) is 92.7 Å². The van der Waals surface area contributed by atoms with Crippen LogP contribution >= 0.6 is 0 Å². The fraction of sp³-hybridized carbons (Fsp3) is 0.250. The number of sulfone groups is 2. The Balaban J connectivity index is 0.000000178. The summed E-state index contributed by atoms with van der Waals surface area (Å²) in [6.07, 6.45) is 1.67. The minimum atomic E-state index is -3.94. The van der Waals surface area contributed by atoms with Crippen molar-refractivity contribution in [3.63, 3.8) is 0 Å². The quantitative estimate of drug-likeness (QED) is 0.0736. The van der Waals surface area contributed by atoms with Crippen molar-refractivity contribution < 1.29 is 45.5 Å². The molecule has 4 aliphatic heterocycles. The van der Waals surface area contributed by atoms with E-state index in [4.69, 9.17) is 9.47 Å². The monoisotopic (exact) mass is 1000 g/mol. The van der Waals surface area contributed by atoms with E-state index in [0.717, 1.165) is 32.1 Å². The lowest BCUT2D eigenvalue weighted by Gasteiger charge is -2.39. The summed E-state index contributed by atoms with van der Waals surface area (Å²) in [5.41, 5.74) is 5.30. The van der Waals surface area contributed by atoms with E-state index in [9.17, 15) is 36.0 Å². The molecule has 4 aromatic carbocycles. The van der Waals surface area contributed by atoms with Crippen molar-refractivity contribution in [1.82, 2.24) is 19.8 Å². The van der Waals surface area contributed by atoms with Gasteiger partial charge in [-0.05, 0) is 99.2 Å². The second kappa shape index (κ2) is 18.9. The number of carbonyl (C=O) groups excluding carboxylic acids is 4. The highest BCUT2D eigenvalue weighted by molar-refractivity contribution is 7.94. The zero-order valence-corrected chi connectivity index (χ0v) is 42.0. The van der Waals surface area contributed by atoms with E-state index >= 15 is 0 Å². The largest absolute Gasteiger partial charge is 0.451 e. The maximum Gasteiger partial charge on any atom is 0.331 e. The fourth-order valence-corrected chi connectivity index (χ4v) is 14.4. The van der Waals surface area contributed by atoms with Crippen molar-refractivity contribution in [2.24, 2.45) is 0 Å². The molecular formula is C56H52N4O10S2. The van der Waals surface area contributed by atoms with E-state index < -0.39 is 88.0 Å². The van der Waals surface area contributed by atoms with Gasteiger partial charge in [-0.2, -0.15) is 0 Å². The number of hydrogen-bond acceptors (Lipinski definition) is 12. The lowest BCUT2D eigenvalue weighted by molar-refractivity contribution is -0.160. The number of amides is 2. The normalized spacial score (nSPS) is 23.1. The minimum absolute atomic E-state index is 0.153. The van der Waals surface area contributed by atoms with E-state index in [1.165, 1.54) is 27.7 Å². The number of β-lactam (4-membered cyclic amide) rings is 2. The minimum Gasteiger partial charge on any atom is -0.451 e. The Kier molecular flexibility index (Phi) is 13.0. The summed E-state index contributed by atoms with van der Waals surface area (Å²) in [4.78, 5) is 64.9. The number of hydrogen-bond donors (Lipinski definition) is 0. The lowest BCUT2D eigenvalue weighted by atomic mass is 9.92. The molecule has 0 bridgehead atoms. The van der Waals surface area contributed by atoms with E-state index in [2.05, 4.69) is 9.97 Å². The van der Waals surface area contributed by atoms with Gasteiger partial charge in [0.15, 0.2) is 54.7 Å². The smallest absolute Gasteiger partial charge is 0.331 e. The van der Waals surface area contributed by atoms with Gasteiger partial charge in [0.25, 0.3) is 11.8 Å². The van der Waals surface area contributed by atoms with Gasteiger partial charge in [0.05, 0.1) is 22.5 Å². The summed E-state index contributed by atoms with van der Waals surface area (Å²) in [6, 6.07) is 44.9. The van der Waals surface area contributed by atoms with Crippen LogP contribution in [0.1, 0.15) is 87.4 Å². The van der Waals surface area contributed by atoms with Gasteiger partial charge in [-0.3, -0.25) is 19.6 Å². The Bertz CT molecular complexity index is 3050. The number of benzene rings is 4. The molecule has 4 saturated heterocycles. The number of aromatic nitrogens is 2. The summed E-state index contributed by atoms with van der Waals surface area (Å²) in [5.74, 6) is -2.50. The SMILES string of the molecule is C/C(=C1\C(=O)N2[C@@H](C(=O)OC(c3ccccc3)c3ccccc3)C(C)(C)S(=O)(=O)[C@H]12)c1ccccn1.C/C(=C1\C(=O)N2[C@@H](C(=O)OC(c3ccccc3)c3ccccc3)C(C)(C)S(=O)(=O)[C@H]12)c1ccccn1. The van der Waals surface area contributed by atoms with Crippen LogP contribution in [0.5, 0.6) is 0 Å². The predicted molar refractivity (Wildman–Crippen MR) is 270 cm³/mol. The molecule has 2 amide bonds. The average molecular weight is 1010 g/mol. The summed E-state index contributed by atoms with van der Waals surface area (Å²) >= 11 is 0.